The second-order valence-electron chi connectivity index (χ2n) is 7.16. The van der Waals surface area contributed by atoms with E-state index in [1.165, 1.54) is 6.08 Å². The molecule has 3 N–H and O–H groups in total. The maximum Gasteiger partial charge on any atom is 0.508 e. The normalized spacial score (nSPS) is 28.7. The first-order chi connectivity index (χ1) is 13.8. The second kappa shape index (κ2) is 13.9. The molecule has 166 valence electrons. The van der Waals surface area contributed by atoms with E-state index in [1.807, 2.05) is 0 Å². The number of carbonyl (C=O) groups excluding carboxylic acids is 2. The maximum absolute atomic E-state index is 11.9. The number of hydrogen-bond donors (Lipinski definition) is 3. The number of aliphatic carboxylic acids is 1. The van der Waals surface area contributed by atoms with Crippen LogP contribution in [-0.4, -0.2) is 64.4 Å². The SMILES string of the molecule is C[C@H]1OC(=O)/C=C/[C@@H](O)[C@@H](OC(=O)OCCC(=O)O)CCCCCCCC[C@@H]1O. The van der Waals surface area contributed by atoms with E-state index in [4.69, 9.17) is 19.3 Å². The molecular formula is C20H32O9. The number of aliphatic hydroxyl groups excluding tert-OH is 2. The van der Waals surface area contributed by atoms with Crippen molar-refractivity contribution in [1.29, 1.82) is 0 Å². The molecule has 29 heavy (non-hydrogen) atoms. The Labute approximate surface area is 170 Å². The van der Waals surface area contributed by atoms with Crippen LogP contribution in [0.1, 0.15) is 64.7 Å². The van der Waals surface area contributed by atoms with E-state index in [2.05, 4.69) is 0 Å². The van der Waals surface area contributed by atoms with Crippen LogP contribution < -0.4 is 0 Å². The number of aliphatic hydroxyl groups is 2. The third kappa shape index (κ3) is 11.5. The highest BCUT2D eigenvalue weighted by Crippen LogP contribution is 2.17. The molecule has 0 aromatic rings. The largest absolute Gasteiger partial charge is 0.508 e. The van der Waals surface area contributed by atoms with E-state index in [0.717, 1.165) is 38.2 Å². The highest BCUT2D eigenvalue weighted by Gasteiger charge is 2.23. The number of hydrogen-bond acceptors (Lipinski definition) is 8. The molecule has 1 aliphatic heterocycles. The molecule has 1 rings (SSSR count). The zero-order valence-electron chi connectivity index (χ0n) is 16.8. The zero-order valence-corrected chi connectivity index (χ0v) is 16.8. The predicted molar refractivity (Wildman–Crippen MR) is 102 cm³/mol. The highest BCUT2D eigenvalue weighted by atomic mass is 16.7. The van der Waals surface area contributed by atoms with Crippen molar-refractivity contribution < 1.29 is 43.9 Å². The Balaban J connectivity index is 2.70. The Hall–Kier alpha value is -2.13. The fraction of sp³-hybridized carbons (Fsp3) is 0.750. The number of rotatable bonds is 4. The van der Waals surface area contributed by atoms with Crippen molar-refractivity contribution in [2.24, 2.45) is 0 Å². The van der Waals surface area contributed by atoms with Gasteiger partial charge in [-0.25, -0.2) is 9.59 Å². The number of ether oxygens (including phenoxy) is 3. The molecule has 9 heteroatoms. The van der Waals surface area contributed by atoms with Crippen molar-refractivity contribution in [3.05, 3.63) is 12.2 Å². The van der Waals surface area contributed by atoms with Crippen LogP contribution in [0.25, 0.3) is 0 Å². The molecule has 1 aliphatic rings. The molecule has 1 heterocycles. The van der Waals surface area contributed by atoms with Gasteiger partial charge in [-0.15, -0.1) is 0 Å². The van der Waals surface area contributed by atoms with Crippen LogP contribution >= 0.6 is 0 Å². The summed E-state index contributed by atoms with van der Waals surface area (Å²) in [5.41, 5.74) is 0. The standard InChI is InChI=1S/C20H32O9/c1-14-15(21)8-6-4-2-3-5-7-9-17(16(22)10-11-19(25)28-14)29-20(26)27-13-12-18(23)24/h10-11,14-17,21-22H,2-9,12-13H2,1H3,(H,23,24)/b11-10+/t14-,15+,16-,17+/m1/s1. The molecule has 0 aliphatic carbocycles. The summed E-state index contributed by atoms with van der Waals surface area (Å²) in [6.07, 6.45) is 3.42. The van der Waals surface area contributed by atoms with Crippen molar-refractivity contribution in [2.75, 3.05) is 6.61 Å². The van der Waals surface area contributed by atoms with Crippen LogP contribution in [0.5, 0.6) is 0 Å². The number of carbonyl (C=O) groups is 3. The van der Waals surface area contributed by atoms with Crippen molar-refractivity contribution in [2.45, 2.75) is 89.1 Å². The van der Waals surface area contributed by atoms with E-state index in [9.17, 15) is 24.6 Å². The van der Waals surface area contributed by atoms with Crippen LogP contribution in [0.4, 0.5) is 4.79 Å². The maximum atomic E-state index is 11.9. The summed E-state index contributed by atoms with van der Waals surface area (Å²) in [6.45, 7) is 1.27. The third-order valence-corrected chi connectivity index (χ3v) is 4.68. The lowest BCUT2D eigenvalue weighted by Gasteiger charge is -2.21. The van der Waals surface area contributed by atoms with Crippen molar-refractivity contribution in [3.63, 3.8) is 0 Å². The Morgan fingerprint density at radius 1 is 1.10 bits per heavy atom. The van der Waals surface area contributed by atoms with Crippen LogP contribution in [0.2, 0.25) is 0 Å². The van der Waals surface area contributed by atoms with Crippen molar-refractivity contribution in [3.8, 4) is 0 Å². The van der Waals surface area contributed by atoms with Gasteiger partial charge in [-0.3, -0.25) is 4.79 Å². The first-order valence-corrected chi connectivity index (χ1v) is 10.1. The predicted octanol–water partition coefficient (Wildman–Crippen LogP) is 2.33. The summed E-state index contributed by atoms with van der Waals surface area (Å²) in [5.74, 6) is -1.83. The molecule has 0 spiro atoms. The quantitative estimate of drug-likeness (QED) is 0.589. The fourth-order valence-corrected chi connectivity index (χ4v) is 2.92. The smallest absolute Gasteiger partial charge is 0.481 e. The van der Waals surface area contributed by atoms with Crippen molar-refractivity contribution >= 4 is 18.1 Å². The molecule has 0 unspecified atom stereocenters. The van der Waals surface area contributed by atoms with Crippen LogP contribution in [0.15, 0.2) is 12.2 Å². The van der Waals surface area contributed by atoms with Crippen molar-refractivity contribution in [1.82, 2.24) is 0 Å². The molecule has 0 aromatic heterocycles. The summed E-state index contributed by atoms with van der Waals surface area (Å²) in [4.78, 5) is 34.1. The monoisotopic (exact) mass is 416 g/mol. The Kier molecular flexibility index (Phi) is 12.0. The lowest BCUT2D eigenvalue weighted by molar-refractivity contribution is -0.148. The fourth-order valence-electron chi connectivity index (χ4n) is 2.92. The second-order valence-corrected chi connectivity index (χ2v) is 7.16. The molecule has 0 radical (unpaired) electrons. The summed E-state index contributed by atoms with van der Waals surface area (Å²) < 4.78 is 14.9. The first-order valence-electron chi connectivity index (χ1n) is 10.1. The van der Waals surface area contributed by atoms with E-state index >= 15 is 0 Å². The Morgan fingerprint density at radius 2 is 1.72 bits per heavy atom. The van der Waals surface area contributed by atoms with Crippen LogP contribution in [0.3, 0.4) is 0 Å². The minimum Gasteiger partial charge on any atom is -0.481 e. The van der Waals surface area contributed by atoms with E-state index in [1.54, 1.807) is 6.92 Å². The van der Waals surface area contributed by atoms with Gasteiger partial charge in [-0.1, -0.05) is 32.1 Å². The van der Waals surface area contributed by atoms with Gasteiger partial charge in [0.2, 0.25) is 0 Å². The van der Waals surface area contributed by atoms with Crippen LogP contribution in [0, 0.1) is 0 Å². The van der Waals surface area contributed by atoms with Gasteiger partial charge >= 0.3 is 18.1 Å². The minimum absolute atomic E-state index is 0.334. The van der Waals surface area contributed by atoms with Gasteiger partial charge in [-0.2, -0.15) is 0 Å². The van der Waals surface area contributed by atoms with Gasteiger partial charge in [0.1, 0.15) is 24.9 Å². The topological polar surface area (TPSA) is 140 Å². The van der Waals surface area contributed by atoms with Gasteiger partial charge in [0, 0.05) is 6.08 Å². The number of carboxylic acids is 1. The molecule has 0 saturated heterocycles. The van der Waals surface area contributed by atoms with E-state index in [-0.39, 0.29) is 13.0 Å². The number of esters is 1. The average Bonchev–Trinajstić information content (AvgIpc) is 2.65. The zero-order chi connectivity index (χ0) is 21.6. The first kappa shape index (κ1) is 24.9. The lowest BCUT2D eigenvalue weighted by Crippen LogP contribution is -2.31. The Morgan fingerprint density at radius 3 is 2.38 bits per heavy atom. The Bertz CT molecular complexity index is 546. The molecule has 0 saturated carbocycles. The summed E-state index contributed by atoms with van der Waals surface area (Å²) >= 11 is 0. The molecule has 0 bridgehead atoms. The van der Waals surface area contributed by atoms with Gasteiger partial charge in [-0.05, 0) is 32.3 Å². The number of cyclic esters (lactones) is 1. The molecule has 0 aromatic carbocycles. The van der Waals surface area contributed by atoms with E-state index < -0.39 is 42.5 Å². The molecule has 0 amide bonds. The summed E-state index contributed by atoms with van der Waals surface area (Å²) in [5, 5.41) is 28.9. The van der Waals surface area contributed by atoms with Crippen LogP contribution in [-0.2, 0) is 23.8 Å². The molecule has 4 atom stereocenters. The summed E-state index contributed by atoms with van der Waals surface area (Å²) in [7, 11) is 0. The minimum atomic E-state index is -1.26. The lowest BCUT2D eigenvalue weighted by atomic mass is 10.0. The van der Waals surface area contributed by atoms with Gasteiger partial charge in [0.05, 0.1) is 12.5 Å². The third-order valence-electron chi connectivity index (χ3n) is 4.68. The molecule has 0 fully saturated rings. The number of carboxylic acid groups (broad SMARTS) is 1. The van der Waals surface area contributed by atoms with Gasteiger partial charge < -0.3 is 29.5 Å². The molecular weight excluding hydrogens is 384 g/mol. The summed E-state index contributed by atoms with van der Waals surface area (Å²) in [6, 6.07) is 0. The highest BCUT2D eigenvalue weighted by molar-refractivity contribution is 5.82. The van der Waals surface area contributed by atoms with Gasteiger partial charge in [0.25, 0.3) is 0 Å². The van der Waals surface area contributed by atoms with E-state index in [0.29, 0.717) is 19.3 Å². The average molecular weight is 416 g/mol. The molecule has 9 nitrogen and oxygen atoms in total. The van der Waals surface area contributed by atoms with Gasteiger partial charge in [0.15, 0.2) is 0 Å².